The molecule has 0 spiro atoms. The summed E-state index contributed by atoms with van der Waals surface area (Å²) in [7, 11) is 1.64. The van der Waals surface area contributed by atoms with Crippen molar-refractivity contribution in [3.05, 3.63) is 30.2 Å². The van der Waals surface area contributed by atoms with Crippen LogP contribution in [0.4, 0.5) is 0 Å². The quantitative estimate of drug-likeness (QED) is 0.841. The van der Waals surface area contributed by atoms with Gasteiger partial charge in [-0.1, -0.05) is 24.2 Å². The third kappa shape index (κ3) is 3.81. The molecule has 1 aromatic heterocycles. The summed E-state index contributed by atoms with van der Waals surface area (Å²) in [5.74, 6) is 2.03. The highest BCUT2D eigenvalue weighted by atomic mass is 16.5. The van der Waals surface area contributed by atoms with Crippen LogP contribution in [-0.2, 0) is 6.42 Å². The van der Waals surface area contributed by atoms with E-state index in [4.69, 9.17) is 9.26 Å². The lowest BCUT2D eigenvalue weighted by atomic mass is 10.2. The van der Waals surface area contributed by atoms with Gasteiger partial charge in [-0.3, -0.25) is 0 Å². The Kier molecular flexibility index (Phi) is 5.12. The molecule has 0 saturated heterocycles. The van der Waals surface area contributed by atoms with Gasteiger partial charge < -0.3 is 14.6 Å². The Bertz CT molecular complexity index is 539. The van der Waals surface area contributed by atoms with E-state index in [1.807, 2.05) is 24.3 Å². The molecule has 0 amide bonds. The molecule has 5 nitrogen and oxygen atoms in total. The number of benzene rings is 1. The van der Waals surface area contributed by atoms with E-state index in [9.17, 15) is 0 Å². The first kappa shape index (κ1) is 14.5. The topological polar surface area (TPSA) is 60.2 Å². The van der Waals surface area contributed by atoms with Crippen LogP contribution in [0.2, 0.25) is 0 Å². The van der Waals surface area contributed by atoms with Gasteiger partial charge in [-0.2, -0.15) is 4.98 Å². The van der Waals surface area contributed by atoms with Crippen LogP contribution >= 0.6 is 0 Å². The largest absolute Gasteiger partial charge is 0.497 e. The lowest BCUT2D eigenvalue weighted by Gasteiger charge is -2.09. The molecule has 0 bridgehead atoms. The van der Waals surface area contributed by atoms with Gasteiger partial charge in [-0.15, -0.1) is 0 Å². The van der Waals surface area contributed by atoms with Crippen molar-refractivity contribution >= 4 is 0 Å². The molecular formula is C15H21N3O2. The molecule has 108 valence electrons. The van der Waals surface area contributed by atoms with Crippen LogP contribution in [-0.4, -0.2) is 29.8 Å². The van der Waals surface area contributed by atoms with E-state index in [1.165, 1.54) is 0 Å². The van der Waals surface area contributed by atoms with Gasteiger partial charge in [0.1, 0.15) is 5.75 Å². The zero-order chi connectivity index (χ0) is 14.4. The third-order valence-corrected chi connectivity index (χ3v) is 3.02. The van der Waals surface area contributed by atoms with Crippen molar-refractivity contribution in [2.45, 2.75) is 32.7 Å². The summed E-state index contributed by atoms with van der Waals surface area (Å²) in [4.78, 5) is 4.43. The van der Waals surface area contributed by atoms with Crippen molar-refractivity contribution in [3.63, 3.8) is 0 Å². The van der Waals surface area contributed by atoms with Crippen LogP contribution in [0, 0.1) is 0 Å². The van der Waals surface area contributed by atoms with Crippen LogP contribution in [0.15, 0.2) is 28.8 Å². The van der Waals surface area contributed by atoms with E-state index in [-0.39, 0.29) is 0 Å². The first-order valence-electron chi connectivity index (χ1n) is 6.93. The highest BCUT2D eigenvalue weighted by Crippen LogP contribution is 2.21. The number of rotatable bonds is 7. The van der Waals surface area contributed by atoms with Crippen LogP contribution in [0.1, 0.15) is 26.2 Å². The van der Waals surface area contributed by atoms with Crippen LogP contribution in [0.5, 0.6) is 5.75 Å². The fraction of sp³-hybridized carbons (Fsp3) is 0.467. The summed E-state index contributed by atoms with van der Waals surface area (Å²) in [6, 6.07) is 7.97. The summed E-state index contributed by atoms with van der Waals surface area (Å²) in [6.45, 7) is 5.26. The standard InChI is InChI=1S/C15H21N3O2/c1-4-8-16-11(2)9-14-17-15(18-20-14)12-6-5-7-13(10-12)19-3/h5-7,10-11,16H,4,8-9H2,1-3H3. The molecule has 1 aromatic carbocycles. The van der Waals surface area contributed by atoms with Crippen molar-refractivity contribution in [3.8, 4) is 17.1 Å². The molecule has 0 saturated carbocycles. The zero-order valence-corrected chi connectivity index (χ0v) is 12.2. The second-order valence-corrected chi connectivity index (χ2v) is 4.80. The highest BCUT2D eigenvalue weighted by molar-refractivity contribution is 5.56. The van der Waals surface area contributed by atoms with Gasteiger partial charge in [0, 0.05) is 18.0 Å². The Labute approximate surface area is 119 Å². The molecule has 0 aliphatic heterocycles. The molecule has 2 aromatic rings. The molecule has 0 aliphatic rings. The molecule has 0 aliphatic carbocycles. The highest BCUT2D eigenvalue weighted by Gasteiger charge is 2.12. The van der Waals surface area contributed by atoms with E-state index >= 15 is 0 Å². The Morgan fingerprint density at radius 2 is 2.25 bits per heavy atom. The van der Waals surface area contributed by atoms with Crippen LogP contribution in [0.3, 0.4) is 0 Å². The predicted octanol–water partition coefficient (Wildman–Crippen LogP) is 2.68. The molecule has 0 radical (unpaired) electrons. The molecule has 0 fully saturated rings. The maximum Gasteiger partial charge on any atom is 0.228 e. The molecule has 1 heterocycles. The van der Waals surface area contributed by atoms with E-state index in [0.29, 0.717) is 17.8 Å². The Balaban J connectivity index is 2.04. The minimum Gasteiger partial charge on any atom is -0.497 e. The fourth-order valence-corrected chi connectivity index (χ4v) is 1.94. The third-order valence-electron chi connectivity index (χ3n) is 3.02. The van der Waals surface area contributed by atoms with Gasteiger partial charge >= 0.3 is 0 Å². The summed E-state index contributed by atoms with van der Waals surface area (Å²) in [5, 5.41) is 7.43. The van der Waals surface area contributed by atoms with Gasteiger partial charge in [-0.05, 0) is 32.0 Å². The fourth-order valence-electron chi connectivity index (χ4n) is 1.94. The van der Waals surface area contributed by atoms with Crippen LogP contribution < -0.4 is 10.1 Å². The van der Waals surface area contributed by atoms with Crippen molar-refractivity contribution < 1.29 is 9.26 Å². The van der Waals surface area contributed by atoms with Crippen LogP contribution in [0.25, 0.3) is 11.4 Å². The Hall–Kier alpha value is -1.88. The van der Waals surface area contributed by atoms with Crippen molar-refractivity contribution in [1.82, 2.24) is 15.5 Å². The molecule has 2 rings (SSSR count). The van der Waals surface area contributed by atoms with Gasteiger partial charge in [0.2, 0.25) is 11.7 Å². The van der Waals surface area contributed by atoms with Gasteiger partial charge in [0.15, 0.2) is 0 Å². The Morgan fingerprint density at radius 3 is 3.00 bits per heavy atom. The van der Waals surface area contributed by atoms with Gasteiger partial charge in [0.05, 0.1) is 7.11 Å². The summed E-state index contributed by atoms with van der Waals surface area (Å²) >= 11 is 0. The number of methoxy groups -OCH3 is 1. The Morgan fingerprint density at radius 1 is 1.40 bits per heavy atom. The van der Waals surface area contributed by atoms with E-state index in [2.05, 4.69) is 29.3 Å². The van der Waals surface area contributed by atoms with E-state index in [0.717, 1.165) is 30.7 Å². The minimum absolute atomic E-state index is 0.327. The number of ether oxygens (including phenoxy) is 1. The van der Waals surface area contributed by atoms with Gasteiger partial charge in [0.25, 0.3) is 0 Å². The molecule has 20 heavy (non-hydrogen) atoms. The maximum atomic E-state index is 5.30. The summed E-state index contributed by atoms with van der Waals surface area (Å²) < 4.78 is 10.5. The number of hydrogen-bond donors (Lipinski definition) is 1. The molecule has 1 atom stereocenters. The number of nitrogens with zero attached hydrogens (tertiary/aromatic N) is 2. The van der Waals surface area contributed by atoms with Crippen molar-refractivity contribution in [1.29, 1.82) is 0 Å². The molecular weight excluding hydrogens is 254 g/mol. The van der Waals surface area contributed by atoms with Gasteiger partial charge in [-0.25, -0.2) is 0 Å². The lowest BCUT2D eigenvalue weighted by molar-refractivity contribution is 0.362. The first-order valence-corrected chi connectivity index (χ1v) is 6.93. The van der Waals surface area contributed by atoms with Crippen molar-refractivity contribution in [2.24, 2.45) is 0 Å². The average Bonchev–Trinajstić information content (AvgIpc) is 2.93. The second kappa shape index (κ2) is 7.05. The summed E-state index contributed by atoms with van der Waals surface area (Å²) in [6.07, 6.45) is 1.85. The monoisotopic (exact) mass is 275 g/mol. The van der Waals surface area contributed by atoms with E-state index in [1.54, 1.807) is 7.11 Å². The smallest absolute Gasteiger partial charge is 0.228 e. The van der Waals surface area contributed by atoms with E-state index < -0.39 is 0 Å². The predicted molar refractivity (Wildman–Crippen MR) is 77.7 cm³/mol. The number of aromatic nitrogens is 2. The maximum absolute atomic E-state index is 5.30. The molecule has 1 N–H and O–H groups in total. The second-order valence-electron chi connectivity index (χ2n) is 4.80. The van der Waals surface area contributed by atoms with Crippen molar-refractivity contribution in [2.75, 3.05) is 13.7 Å². The zero-order valence-electron chi connectivity index (χ0n) is 12.2. The number of nitrogens with one attached hydrogen (secondary N) is 1. The minimum atomic E-state index is 0.327. The number of hydrogen-bond acceptors (Lipinski definition) is 5. The molecule has 5 heteroatoms. The molecule has 1 unspecified atom stereocenters. The average molecular weight is 275 g/mol. The SMILES string of the molecule is CCCNC(C)Cc1nc(-c2cccc(OC)c2)no1. The summed E-state index contributed by atoms with van der Waals surface area (Å²) in [5.41, 5.74) is 0.897. The normalized spacial score (nSPS) is 12.3. The lowest BCUT2D eigenvalue weighted by Crippen LogP contribution is -2.28. The first-order chi connectivity index (χ1) is 9.72.